The van der Waals surface area contributed by atoms with Crippen LogP contribution in [0.15, 0.2) is 48.5 Å². The van der Waals surface area contributed by atoms with E-state index in [0.29, 0.717) is 6.54 Å². The molecule has 1 aromatic heterocycles. The highest BCUT2D eigenvalue weighted by atomic mass is 16.5. The van der Waals surface area contributed by atoms with E-state index in [1.165, 1.54) is 12.8 Å². The van der Waals surface area contributed by atoms with Crippen molar-refractivity contribution < 1.29 is 4.74 Å². The number of fused-ring (bicyclic) bond motifs is 1. The minimum atomic E-state index is 0.657. The standard InChI is InChI=1S/C20H22N4O/c1-25-18-11-5-2-8-15(18)14-21-19-16-9-3-4-10-17(16)22-20(23-19)24-12-6-7-13-24/h2-5,8-11H,6-7,12-14H2,1H3,(H,21,22,23). The van der Waals surface area contributed by atoms with Crippen LogP contribution in [0.3, 0.4) is 0 Å². The van der Waals surface area contributed by atoms with E-state index in [9.17, 15) is 0 Å². The van der Waals surface area contributed by atoms with Gasteiger partial charge in [-0.15, -0.1) is 0 Å². The van der Waals surface area contributed by atoms with Crippen LogP contribution in [0.4, 0.5) is 11.8 Å². The second kappa shape index (κ2) is 6.97. The Bertz CT molecular complexity index is 874. The first kappa shape index (κ1) is 15.7. The van der Waals surface area contributed by atoms with E-state index < -0.39 is 0 Å². The largest absolute Gasteiger partial charge is 0.496 e. The summed E-state index contributed by atoms with van der Waals surface area (Å²) in [5.41, 5.74) is 2.08. The Balaban J connectivity index is 1.67. The summed E-state index contributed by atoms with van der Waals surface area (Å²) in [6, 6.07) is 16.2. The van der Waals surface area contributed by atoms with Gasteiger partial charge in [0.1, 0.15) is 11.6 Å². The number of benzene rings is 2. The fourth-order valence-corrected chi connectivity index (χ4v) is 3.29. The number of methoxy groups -OCH3 is 1. The zero-order valence-electron chi connectivity index (χ0n) is 14.4. The van der Waals surface area contributed by atoms with Crippen LogP contribution in [0.2, 0.25) is 0 Å². The van der Waals surface area contributed by atoms with Gasteiger partial charge in [0.25, 0.3) is 0 Å². The van der Waals surface area contributed by atoms with Crippen molar-refractivity contribution in [1.82, 2.24) is 9.97 Å². The number of nitrogens with one attached hydrogen (secondary N) is 1. The zero-order valence-corrected chi connectivity index (χ0v) is 14.4. The lowest BCUT2D eigenvalue weighted by Crippen LogP contribution is -2.21. The van der Waals surface area contributed by atoms with Gasteiger partial charge in [-0.1, -0.05) is 30.3 Å². The molecule has 2 aromatic carbocycles. The Morgan fingerprint density at radius 1 is 1.00 bits per heavy atom. The van der Waals surface area contributed by atoms with Crippen LogP contribution in [0, 0.1) is 0 Å². The number of ether oxygens (including phenoxy) is 1. The molecular formula is C20H22N4O. The average molecular weight is 334 g/mol. The highest BCUT2D eigenvalue weighted by Crippen LogP contribution is 2.26. The lowest BCUT2D eigenvalue weighted by atomic mass is 10.2. The first-order valence-corrected chi connectivity index (χ1v) is 8.72. The molecule has 0 saturated carbocycles. The maximum atomic E-state index is 5.45. The predicted octanol–water partition coefficient (Wildman–Crippen LogP) is 3.85. The van der Waals surface area contributed by atoms with Crippen LogP contribution in [0.5, 0.6) is 5.75 Å². The number of nitrogens with zero attached hydrogens (tertiary/aromatic N) is 3. The molecule has 5 heteroatoms. The number of hydrogen-bond acceptors (Lipinski definition) is 5. The van der Waals surface area contributed by atoms with Crippen LogP contribution >= 0.6 is 0 Å². The first-order chi connectivity index (χ1) is 12.3. The van der Waals surface area contributed by atoms with Crippen molar-refractivity contribution >= 4 is 22.7 Å². The summed E-state index contributed by atoms with van der Waals surface area (Å²) < 4.78 is 5.45. The molecule has 0 aliphatic carbocycles. The van der Waals surface area contributed by atoms with Crippen LogP contribution in [-0.2, 0) is 6.54 Å². The summed E-state index contributed by atoms with van der Waals surface area (Å²) in [6.45, 7) is 2.72. The number of anilines is 2. The van der Waals surface area contributed by atoms with Gasteiger partial charge in [0.2, 0.25) is 5.95 Å². The molecule has 4 rings (SSSR count). The van der Waals surface area contributed by atoms with Crippen LogP contribution < -0.4 is 15.0 Å². The van der Waals surface area contributed by atoms with Crippen molar-refractivity contribution in [3.63, 3.8) is 0 Å². The molecule has 128 valence electrons. The van der Waals surface area contributed by atoms with Gasteiger partial charge in [-0.25, -0.2) is 4.98 Å². The van der Waals surface area contributed by atoms with Gasteiger partial charge < -0.3 is 15.0 Å². The minimum Gasteiger partial charge on any atom is -0.496 e. The Kier molecular flexibility index (Phi) is 4.37. The third-order valence-corrected chi connectivity index (χ3v) is 4.62. The second-order valence-electron chi connectivity index (χ2n) is 6.25. The maximum absolute atomic E-state index is 5.45. The quantitative estimate of drug-likeness (QED) is 0.768. The lowest BCUT2D eigenvalue weighted by Gasteiger charge is -2.18. The van der Waals surface area contributed by atoms with Gasteiger partial charge in [0.15, 0.2) is 0 Å². The van der Waals surface area contributed by atoms with E-state index in [-0.39, 0.29) is 0 Å². The van der Waals surface area contributed by atoms with Crippen LogP contribution in [0.25, 0.3) is 10.9 Å². The fraction of sp³-hybridized carbons (Fsp3) is 0.300. The number of hydrogen-bond donors (Lipinski definition) is 1. The molecule has 1 saturated heterocycles. The Labute approximate surface area is 147 Å². The molecule has 0 unspecified atom stereocenters. The summed E-state index contributed by atoms with van der Waals surface area (Å²) in [6.07, 6.45) is 2.42. The van der Waals surface area contributed by atoms with Crippen LogP contribution in [-0.4, -0.2) is 30.2 Å². The van der Waals surface area contributed by atoms with Gasteiger partial charge >= 0.3 is 0 Å². The average Bonchev–Trinajstić information content (AvgIpc) is 3.21. The van der Waals surface area contributed by atoms with Crippen molar-refractivity contribution in [3.05, 3.63) is 54.1 Å². The third-order valence-electron chi connectivity index (χ3n) is 4.62. The van der Waals surface area contributed by atoms with Crippen LogP contribution in [0.1, 0.15) is 18.4 Å². The van der Waals surface area contributed by atoms with Crippen molar-refractivity contribution in [1.29, 1.82) is 0 Å². The van der Waals surface area contributed by atoms with Crippen molar-refractivity contribution in [2.24, 2.45) is 0 Å². The molecular weight excluding hydrogens is 312 g/mol. The number of para-hydroxylation sites is 2. The second-order valence-corrected chi connectivity index (χ2v) is 6.25. The van der Waals surface area contributed by atoms with Gasteiger partial charge in [0, 0.05) is 30.6 Å². The van der Waals surface area contributed by atoms with Gasteiger partial charge in [-0.3, -0.25) is 0 Å². The van der Waals surface area contributed by atoms with E-state index in [1.807, 2.05) is 36.4 Å². The molecule has 1 aliphatic rings. The highest BCUT2D eigenvalue weighted by molar-refractivity contribution is 5.90. The molecule has 3 aromatic rings. The van der Waals surface area contributed by atoms with E-state index in [2.05, 4.69) is 22.3 Å². The molecule has 0 radical (unpaired) electrons. The molecule has 0 atom stereocenters. The molecule has 5 nitrogen and oxygen atoms in total. The predicted molar refractivity (Wildman–Crippen MR) is 101 cm³/mol. The first-order valence-electron chi connectivity index (χ1n) is 8.72. The lowest BCUT2D eigenvalue weighted by molar-refractivity contribution is 0.410. The molecule has 2 heterocycles. The van der Waals surface area contributed by atoms with E-state index in [1.54, 1.807) is 7.11 Å². The molecule has 0 spiro atoms. The molecule has 1 N–H and O–H groups in total. The monoisotopic (exact) mass is 334 g/mol. The van der Waals surface area contributed by atoms with E-state index in [4.69, 9.17) is 14.7 Å². The van der Waals surface area contributed by atoms with Crippen molar-refractivity contribution in [2.45, 2.75) is 19.4 Å². The van der Waals surface area contributed by atoms with Gasteiger partial charge in [-0.2, -0.15) is 4.98 Å². The third kappa shape index (κ3) is 3.22. The number of rotatable bonds is 5. The van der Waals surface area contributed by atoms with Gasteiger partial charge in [-0.05, 0) is 31.0 Å². The minimum absolute atomic E-state index is 0.657. The Hall–Kier alpha value is -2.82. The molecule has 1 aliphatic heterocycles. The van der Waals surface area contributed by atoms with Gasteiger partial charge in [0.05, 0.1) is 12.6 Å². The SMILES string of the molecule is COc1ccccc1CNc1nc(N2CCCC2)nc2ccccc12. The normalized spacial score (nSPS) is 14.0. The Morgan fingerprint density at radius 2 is 1.76 bits per heavy atom. The smallest absolute Gasteiger partial charge is 0.227 e. The fourth-order valence-electron chi connectivity index (χ4n) is 3.29. The van der Waals surface area contributed by atoms with Crippen molar-refractivity contribution in [3.8, 4) is 5.75 Å². The summed E-state index contributed by atoms with van der Waals surface area (Å²) >= 11 is 0. The summed E-state index contributed by atoms with van der Waals surface area (Å²) in [4.78, 5) is 11.8. The maximum Gasteiger partial charge on any atom is 0.227 e. The Morgan fingerprint density at radius 3 is 2.60 bits per heavy atom. The summed E-state index contributed by atoms with van der Waals surface area (Å²) in [5.74, 6) is 2.57. The zero-order chi connectivity index (χ0) is 17.1. The molecule has 25 heavy (non-hydrogen) atoms. The summed E-state index contributed by atoms with van der Waals surface area (Å²) in [5, 5.41) is 4.53. The molecule has 0 bridgehead atoms. The topological polar surface area (TPSA) is 50.3 Å². The van der Waals surface area contributed by atoms with Crippen molar-refractivity contribution in [2.75, 3.05) is 30.4 Å². The summed E-state index contributed by atoms with van der Waals surface area (Å²) in [7, 11) is 1.70. The number of aromatic nitrogens is 2. The molecule has 0 amide bonds. The highest BCUT2D eigenvalue weighted by Gasteiger charge is 2.17. The van der Waals surface area contributed by atoms with E-state index >= 15 is 0 Å². The van der Waals surface area contributed by atoms with E-state index in [0.717, 1.165) is 47.1 Å². The molecule has 1 fully saturated rings.